The van der Waals surface area contributed by atoms with Crippen molar-refractivity contribution in [1.82, 2.24) is 4.90 Å². The standard InChI is InChI=1S/C15H22FN3O/c1-10-4-3-5-11(2)19(10)9-15(20)18-14-8-12(16)6-7-13(14)17/h6-8,10-11H,3-5,9,17H2,1-2H3,(H,18,20)/t10-,11+. The number of piperidine rings is 1. The molecular formula is C15H22FN3O. The van der Waals surface area contributed by atoms with E-state index >= 15 is 0 Å². The second-order valence-corrected chi connectivity index (χ2v) is 5.58. The lowest BCUT2D eigenvalue weighted by molar-refractivity contribution is -0.118. The zero-order valence-electron chi connectivity index (χ0n) is 12.0. The van der Waals surface area contributed by atoms with Gasteiger partial charge in [-0.05, 0) is 44.9 Å². The lowest BCUT2D eigenvalue weighted by Gasteiger charge is -2.38. The van der Waals surface area contributed by atoms with E-state index in [0.29, 0.717) is 30.0 Å². The molecule has 1 amide bonds. The first-order valence-corrected chi connectivity index (χ1v) is 7.08. The Morgan fingerprint density at radius 2 is 2.05 bits per heavy atom. The van der Waals surface area contributed by atoms with Crippen molar-refractivity contribution in [3.8, 4) is 0 Å². The molecular weight excluding hydrogens is 257 g/mol. The maximum atomic E-state index is 13.2. The minimum atomic E-state index is -0.408. The number of hydrogen-bond donors (Lipinski definition) is 2. The lowest BCUT2D eigenvalue weighted by Crippen LogP contribution is -2.47. The van der Waals surface area contributed by atoms with Gasteiger partial charge in [0.25, 0.3) is 0 Å². The molecule has 1 aliphatic rings. The van der Waals surface area contributed by atoms with Crippen LogP contribution in [0.25, 0.3) is 0 Å². The SMILES string of the molecule is C[C@@H]1CCC[C@H](C)N1CC(=O)Nc1cc(F)ccc1N. The van der Waals surface area contributed by atoms with Crippen LogP contribution in [0, 0.1) is 5.82 Å². The maximum absolute atomic E-state index is 13.2. The summed E-state index contributed by atoms with van der Waals surface area (Å²) in [5.74, 6) is -0.558. The highest BCUT2D eigenvalue weighted by atomic mass is 19.1. The zero-order valence-corrected chi connectivity index (χ0v) is 12.0. The van der Waals surface area contributed by atoms with Gasteiger partial charge in [-0.1, -0.05) is 6.42 Å². The van der Waals surface area contributed by atoms with E-state index < -0.39 is 5.82 Å². The summed E-state index contributed by atoms with van der Waals surface area (Å²) in [6, 6.07) is 4.77. The van der Waals surface area contributed by atoms with Crippen molar-refractivity contribution in [2.24, 2.45) is 0 Å². The number of carbonyl (C=O) groups excluding carboxylic acids is 1. The van der Waals surface area contributed by atoms with Gasteiger partial charge in [-0.15, -0.1) is 0 Å². The Bertz CT molecular complexity index is 482. The highest BCUT2D eigenvalue weighted by molar-refractivity contribution is 5.95. The molecule has 110 valence electrons. The van der Waals surface area contributed by atoms with E-state index in [1.165, 1.54) is 24.6 Å². The zero-order chi connectivity index (χ0) is 14.7. The monoisotopic (exact) mass is 279 g/mol. The van der Waals surface area contributed by atoms with Crippen LogP contribution in [0.4, 0.5) is 15.8 Å². The van der Waals surface area contributed by atoms with Gasteiger partial charge in [-0.25, -0.2) is 4.39 Å². The predicted octanol–water partition coefficient (Wildman–Crippen LogP) is 2.61. The minimum Gasteiger partial charge on any atom is -0.397 e. The van der Waals surface area contributed by atoms with Crippen molar-refractivity contribution in [3.63, 3.8) is 0 Å². The van der Waals surface area contributed by atoms with Gasteiger partial charge >= 0.3 is 0 Å². The second kappa shape index (κ2) is 6.22. The van der Waals surface area contributed by atoms with E-state index in [9.17, 15) is 9.18 Å². The summed E-state index contributed by atoms with van der Waals surface area (Å²) in [4.78, 5) is 14.3. The Balaban J connectivity index is 1.99. The number of nitrogens with zero attached hydrogens (tertiary/aromatic N) is 1. The number of halogens is 1. The molecule has 0 aliphatic carbocycles. The molecule has 1 aromatic carbocycles. The Labute approximate surface area is 119 Å². The molecule has 20 heavy (non-hydrogen) atoms. The Morgan fingerprint density at radius 1 is 1.40 bits per heavy atom. The lowest BCUT2D eigenvalue weighted by atomic mass is 9.97. The van der Waals surface area contributed by atoms with Crippen molar-refractivity contribution in [3.05, 3.63) is 24.0 Å². The molecule has 0 radical (unpaired) electrons. The van der Waals surface area contributed by atoms with Crippen molar-refractivity contribution in [1.29, 1.82) is 0 Å². The van der Waals surface area contributed by atoms with Gasteiger partial charge in [0.05, 0.1) is 17.9 Å². The topological polar surface area (TPSA) is 58.4 Å². The minimum absolute atomic E-state index is 0.150. The number of carbonyl (C=O) groups is 1. The van der Waals surface area contributed by atoms with Crippen LogP contribution in [-0.4, -0.2) is 29.4 Å². The van der Waals surface area contributed by atoms with E-state index in [2.05, 4.69) is 24.1 Å². The van der Waals surface area contributed by atoms with Gasteiger partial charge in [0, 0.05) is 12.1 Å². The Kier molecular flexibility index (Phi) is 4.60. The van der Waals surface area contributed by atoms with Crippen molar-refractivity contribution in [2.75, 3.05) is 17.6 Å². The van der Waals surface area contributed by atoms with Crippen molar-refractivity contribution in [2.45, 2.75) is 45.2 Å². The normalized spacial score (nSPS) is 23.6. The Hall–Kier alpha value is -1.62. The third-order valence-electron chi connectivity index (χ3n) is 3.99. The van der Waals surface area contributed by atoms with Crippen LogP contribution in [0.2, 0.25) is 0 Å². The van der Waals surface area contributed by atoms with Gasteiger partial charge in [-0.2, -0.15) is 0 Å². The molecule has 1 heterocycles. The van der Waals surface area contributed by atoms with Crippen LogP contribution in [0.5, 0.6) is 0 Å². The predicted molar refractivity (Wildman–Crippen MR) is 78.9 cm³/mol. The third kappa shape index (κ3) is 3.48. The molecule has 2 rings (SSSR count). The molecule has 0 aromatic heterocycles. The first kappa shape index (κ1) is 14.8. The molecule has 1 aliphatic heterocycles. The van der Waals surface area contributed by atoms with Crippen LogP contribution in [0.1, 0.15) is 33.1 Å². The fraction of sp³-hybridized carbons (Fsp3) is 0.533. The number of hydrogen-bond acceptors (Lipinski definition) is 3. The number of nitrogens with one attached hydrogen (secondary N) is 1. The largest absolute Gasteiger partial charge is 0.397 e. The average Bonchev–Trinajstić information content (AvgIpc) is 2.38. The van der Waals surface area contributed by atoms with E-state index in [1.54, 1.807) is 0 Å². The quantitative estimate of drug-likeness (QED) is 0.836. The molecule has 0 spiro atoms. The molecule has 1 aromatic rings. The number of amides is 1. The Morgan fingerprint density at radius 3 is 2.70 bits per heavy atom. The summed E-state index contributed by atoms with van der Waals surface area (Å²) in [7, 11) is 0. The summed E-state index contributed by atoms with van der Waals surface area (Å²) >= 11 is 0. The van der Waals surface area contributed by atoms with Gasteiger partial charge in [-0.3, -0.25) is 9.69 Å². The average molecular weight is 279 g/mol. The number of anilines is 2. The fourth-order valence-electron chi connectivity index (χ4n) is 2.78. The smallest absolute Gasteiger partial charge is 0.238 e. The number of likely N-dealkylation sites (tertiary alicyclic amines) is 1. The number of rotatable bonds is 3. The molecule has 1 fully saturated rings. The van der Waals surface area contributed by atoms with Gasteiger partial charge in [0.15, 0.2) is 0 Å². The first-order chi connectivity index (χ1) is 9.47. The van der Waals surface area contributed by atoms with E-state index in [0.717, 1.165) is 12.8 Å². The van der Waals surface area contributed by atoms with E-state index in [4.69, 9.17) is 5.73 Å². The summed E-state index contributed by atoms with van der Waals surface area (Å²) < 4.78 is 13.2. The van der Waals surface area contributed by atoms with Crippen molar-refractivity contribution < 1.29 is 9.18 Å². The summed E-state index contributed by atoms with van der Waals surface area (Å²) in [6.07, 6.45) is 3.43. The highest BCUT2D eigenvalue weighted by Gasteiger charge is 2.26. The second-order valence-electron chi connectivity index (χ2n) is 5.58. The molecule has 5 heteroatoms. The van der Waals surface area contributed by atoms with Crippen LogP contribution in [0.3, 0.4) is 0 Å². The van der Waals surface area contributed by atoms with Gasteiger partial charge < -0.3 is 11.1 Å². The molecule has 0 saturated carbocycles. The van der Waals surface area contributed by atoms with Crippen LogP contribution in [-0.2, 0) is 4.79 Å². The van der Waals surface area contributed by atoms with Crippen molar-refractivity contribution >= 4 is 17.3 Å². The van der Waals surface area contributed by atoms with Gasteiger partial charge in [0.2, 0.25) is 5.91 Å². The third-order valence-corrected chi connectivity index (χ3v) is 3.99. The van der Waals surface area contributed by atoms with Gasteiger partial charge in [0.1, 0.15) is 5.82 Å². The van der Waals surface area contributed by atoms with Crippen LogP contribution < -0.4 is 11.1 Å². The summed E-state index contributed by atoms with van der Waals surface area (Å²) in [6.45, 7) is 4.59. The number of nitrogens with two attached hydrogens (primary N) is 1. The molecule has 0 unspecified atom stereocenters. The molecule has 3 N–H and O–H groups in total. The number of nitrogen functional groups attached to an aromatic ring is 1. The molecule has 2 atom stereocenters. The maximum Gasteiger partial charge on any atom is 0.238 e. The summed E-state index contributed by atoms with van der Waals surface area (Å²) in [5.41, 5.74) is 6.45. The van der Waals surface area contributed by atoms with Crippen LogP contribution in [0.15, 0.2) is 18.2 Å². The van der Waals surface area contributed by atoms with E-state index in [1.807, 2.05) is 0 Å². The van der Waals surface area contributed by atoms with Crippen LogP contribution >= 0.6 is 0 Å². The molecule has 4 nitrogen and oxygen atoms in total. The number of benzene rings is 1. The highest BCUT2D eigenvalue weighted by Crippen LogP contribution is 2.23. The molecule has 1 saturated heterocycles. The first-order valence-electron chi connectivity index (χ1n) is 7.08. The fourth-order valence-corrected chi connectivity index (χ4v) is 2.78. The summed E-state index contributed by atoms with van der Waals surface area (Å²) in [5, 5.41) is 2.69. The molecule has 0 bridgehead atoms. The van der Waals surface area contributed by atoms with E-state index in [-0.39, 0.29) is 5.91 Å².